The third-order valence-corrected chi connectivity index (χ3v) is 4.87. The largest absolute Gasteiger partial charge is 0.380 e. The van der Waals surface area contributed by atoms with Gasteiger partial charge in [0.15, 0.2) is 0 Å². The predicted octanol–water partition coefficient (Wildman–Crippen LogP) is 1.90. The number of nitrogens with one attached hydrogen (secondary N) is 1. The first-order chi connectivity index (χ1) is 11.6. The lowest BCUT2D eigenvalue weighted by Gasteiger charge is -2.30. The van der Waals surface area contributed by atoms with E-state index in [1.54, 1.807) is 7.11 Å². The number of nitrogens with zero attached hydrogens (tertiary/aromatic N) is 1. The second-order valence-electron chi connectivity index (χ2n) is 6.80. The number of rotatable bonds is 8. The molecule has 0 radical (unpaired) electrons. The molecule has 24 heavy (non-hydrogen) atoms. The van der Waals surface area contributed by atoms with Crippen molar-refractivity contribution in [1.29, 1.82) is 0 Å². The summed E-state index contributed by atoms with van der Waals surface area (Å²) in [7, 11) is 1.58. The molecule has 1 aliphatic heterocycles. The van der Waals surface area contributed by atoms with Gasteiger partial charge in [-0.25, -0.2) is 0 Å². The molecule has 1 aliphatic rings. The first-order valence-corrected chi connectivity index (χ1v) is 8.91. The average Bonchev–Trinajstić information content (AvgIpc) is 2.61. The number of likely N-dealkylation sites (tertiary alicyclic amines) is 1. The van der Waals surface area contributed by atoms with E-state index in [2.05, 4.69) is 35.3 Å². The highest BCUT2D eigenvalue weighted by Crippen LogP contribution is 2.19. The minimum absolute atomic E-state index is 0.0195. The summed E-state index contributed by atoms with van der Waals surface area (Å²) >= 11 is 0. The van der Waals surface area contributed by atoms with Crippen LogP contribution in [0.5, 0.6) is 0 Å². The zero-order valence-electron chi connectivity index (χ0n) is 15.0. The SMILES string of the molecule is COC(CN)CC(=O)NCc1ccccc1CN1CCC(C)CC1. The Morgan fingerprint density at radius 3 is 2.62 bits per heavy atom. The number of hydrogen-bond donors (Lipinski definition) is 2. The van der Waals surface area contributed by atoms with E-state index in [-0.39, 0.29) is 12.0 Å². The van der Waals surface area contributed by atoms with E-state index < -0.39 is 0 Å². The fourth-order valence-corrected chi connectivity index (χ4v) is 3.08. The Bertz CT molecular complexity index is 509. The van der Waals surface area contributed by atoms with Crippen molar-refractivity contribution in [2.45, 2.75) is 45.4 Å². The Kier molecular flexibility index (Phi) is 7.69. The molecule has 0 spiro atoms. The molecular weight excluding hydrogens is 302 g/mol. The Morgan fingerprint density at radius 1 is 1.33 bits per heavy atom. The second kappa shape index (κ2) is 9.77. The molecule has 0 bridgehead atoms. The van der Waals surface area contributed by atoms with Gasteiger partial charge in [0.2, 0.25) is 5.91 Å². The van der Waals surface area contributed by atoms with Gasteiger partial charge in [0.05, 0.1) is 12.5 Å². The van der Waals surface area contributed by atoms with Gasteiger partial charge in [0.25, 0.3) is 0 Å². The number of carbonyl (C=O) groups excluding carboxylic acids is 1. The third kappa shape index (κ3) is 5.89. The monoisotopic (exact) mass is 333 g/mol. The predicted molar refractivity (Wildman–Crippen MR) is 96.4 cm³/mol. The van der Waals surface area contributed by atoms with Crippen molar-refractivity contribution in [2.24, 2.45) is 11.7 Å². The molecular formula is C19H31N3O2. The number of ether oxygens (including phenoxy) is 1. The highest BCUT2D eigenvalue weighted by molar-refractivity contribution is 5.76. The Labute approximate surface area is 145 Å². The lowest BCUT2D eigenvalue weighted by Crippen LogP contribution is -2.33. The zero-order valence-corrected chi connectivity index (χ0v) is 15.0. The fourth-order valence-electron chi connectivity index (χ4n) is 3.08. The lowest BCUT2D eigenvalue weighted by molar-refractivity contribution is -0.123. The highest BCUT2D eigenvalue weighted by atomic mass is 16.5. The van der Waals surface area contributed by atoms with Crippen molar-refractivity contribution < 1.29 is 9.53 Å². The molecule has 0 saturated carbocycles. The van der Waals surface area contributed by atoms with Crippen LogP contribution in [0.4, 0.5) is 0 Å². The molecule has 1 fully saturated rings. The molecule has 2 rings (SSSR count). The first kappa shape index (κ1) is 18.9. The summed E-state index contributed by atoms with van der Waals surface area (Å²) in [6.45, 7) is 6.52. The number of benzene rings is 1. The number of amides is 1. The number of piperidine rings is 1. The van der Waals surface area contributed by atoms with Crippen molar-refractivity contribution in [3.05, 3.63) is 35.4 Å². The summed E-state index contributed by atoms with van der Waals surface area (Å²) < 4.78 is 5.16. The van der Waals surface area contributed by atoms with E-state index in [0.717, 1.165) is 25.6 Å². The molecule has 1 heterocycles. The van der Waals surface area contributed by atoms with Gasteiger partial charge in [0.1, 0.15) is 0 Å². The number of carbonyl (C=O) groups is 1. The summed E-state index contributed by atoms with van der Waals surface area (Å²) in [5.74, 6) is 0.820. The molecule has 0 aromatic heterocycles. The molecule has 1 amide bonds. The molecule has 5 nitrogen and oxygen atoms in total. The van der Waals surface area contributed by atoms with Crippen LogP contribution in [0.2, 0.25) is 0 Å². The summed E-state index contributed by atoms with van der Waals surface area (Å²) in [4.78, 5) is 14.5. The number of nitrogens with two attached hydrogens (primary N) is 1. The summed E-state index contributed by atoms with van der Waals surface area (Å²) in [6.07, 6.45) is 2.64. The van der Waals surface area contributed by atoms with Crippen LogP contribution in [0.1, 0.15) is 37.3 Å². The Balaban J connectivity index is 1.88. The number of hydrogen-bond acceptors (Lipinski definition) is 4. The van der Waals surface area contributed by atoms with Gasteiger partial charge in [-0.1, -0.05) is 31.2 Å². The van der Waals surface area contributed by atoms with Gasteiger partial charge in [-0.3, -0.25) is 9.69 Å². The molecule has 1 unspecified atom stereocenters. The van der Waals surface area contributed by atoms with E-state index >= 15 is 0 Å². The van der Waals surface area contributed by atoms with E-state index in [0.29, 0.717) is 19.5 Å². The second-order valence-corrected chi connectivity index (χ2v) is 6.80. The van der Waals surface area contributed by atoms with Gasteiger partial charge in [-0.05, 0) is 43.0 Å². The molecule has 0 aliphatic carbocycles. The van der Waals surface area contributed by atoms with Crippen LogP contribution in [0.15, 0.2) is 24.3 Å². The van der Waals surface area contributed by atoms with Crippen LogP contribution in [0, 0.1) is 5.92 Å². The quantitative estimate of drug-likeness (QED) is 0.762. The summed E-state index contributed by atoms with van der Waals surface area (Å²) in [5.41, 5.74) is 8.05. The van der Waals surface area contributed by atoms with E-state index in [1.165, 1.54) is 24.0 Å². The molecule has 3 N–H and O–H groups in total. The zero-order chi connectivity index (χ0) is 17.4. The van der Waals surface area contributed by atoms with Gasteiger partial charge in [-0.2, -0.15) is 0 Å². The molecule has 5 heteroatoms. The topological polar surface area (TPSA) is 67.6 Å². The summed E-state index contributed by atoms with van der Waals surface area (Å²) in [5, 5.41) is 2.99. The van der Waals surface area contributed by atoms with Gasteiger partial charge in [-0.15, -0.1) is 0 Å². The average molecular weight is 333 g/mol. The first-order valence-electron chi connectivity index (χ1n) is 8.91. The normalized spacial score (nSPS) is 17.6. The van der Waals surface area contributed by atoms with E-state index in [1.807, 2.05) is 6.07 Å². The van der Waals surface area contributed by atoms with Crippen molar-refractivity contribution in [3.63, 3.8) is 0 Å². The van der Waals surface area contributed by atoms with E-state index in [4.69, 9.17) is 10.5 Å². The van der Waals surface area contributed by atoms with Crippen molar-refractivity contribution >= 4 is 5.91 Å². The van der Waals surface area contributed by atoms with Crippen molar-refractivity contribution in [1.82, 2.24) is 10.2 Å². The Morgan fingerprint density at radius 2 is 2.00 bits per heavy atom. The van der Waals surface area contributed by atoms with Gasteiger partial charge in [0, 0.05) is 26.7 Å². The van der Waals surface area contributed by atoms with Crippen molar-refractivity contribution in [2.75, 3.05) is 26.7 Å². The van der Waals surface area contributed by atoms with Crippen LogP contribution >= 0.6 is 0 Å². The highest BCUT2D eigenvalue weighted by Gasteiger charge is 2.17. The van der Waals surface area contributed by atoms with Gasteiger partial charge >= 0.3 is 0 Å². The molecule has 1 atom stereocenters. The van der Waals surface area contributed by atoms with Crippen LogP contribution in [-0.2, 0) is 22.6 Å². The van der Waals surface area contributed by atoms with Crippen molar-refractivity contribution in [3.8, 4) is 0 Å². The number of methoxy groups -OCH3 is 1. The van der Waals surface area contributed by atoms with Crippen LogP contribution in [0.3, 0.4) is 0 Å². The molecule has 1 aromatic carbocycles. The molecule has 1 aromatic rings. The van der Waals surface area contributed by atoms with Crippen LogP contribution < -0.4 is 11.1 Å². The fraction of sp³-hybridized carbons (Fsp3) is 0.632. The van der Waals surface area contributed by atoms with Crippen LogP contribution in [-0.4, -0.2) is 43.7 Å². The Hall–Kier alpha value is -1.43. The lowest BCUT2D eigenvalue weighted by atomic mass is 9.98. The standard InChI is InChI=1S/C19H31N3O2/c1-15-7-9-22(10-8-15)14-17-6-4-3-5-16(17)13-21-19(23)11-18(12-20)24-2/h3-6,15,18H,7-14,20H2,1-2H3,(H,21,23). The maximum Gasteiger partial charge on any atom is 0.222 e. The maximum absolute atomic E-state index is 12.0. The third-order valence-electron chi connectivity index (χ3n) is 4.87. The molecule has 134 valence electrons. The summed E-state index contributed by atoms with van der Waals surface area (Å²) in [6, 6.07) is 8.36. The van der Waals surface area contributed by atoms with E-state index in [9.17, 15) is 4.79 Å². The van der Waals surface area contributed by atoms with Gasteiger partial charge < -0.3 is 15.8 Å². The molecule has 1 saturated heterocycles. The smallest absolute Gasteiger partial charge is 0.222 e. The van der Waals surface area contributed by atoms with Crippen LogP contribution in [0.25, 0.3) is 0 Å². The maximum atomic E-state index is 12.0. The minimum Gasteiger partial charge on any atom is -0.380 e. The minimum atomic E-state index is -0.212.